The number of hydrogen-bond donors (Lipinski definition) is 1. The van der Waals surface area contributed by atoms with Crippen LogP contribution in [0, 0.1) is 5.82 Å². The maximum atomic E-state index is 13.4. The molecule has 0 saturated carbocycles. The summed E-state index contributed by atoms with van der Waals surface area (Å²) in [5, 5.41) is 12.4. The maximum Gasteiger partial charge on any atom is 0.230 e. The summed E-state index contributed by atoms with van der Waals surface area (Å²) in [4.78, 5) is 12.8. The zero-order chi connectivity index (χ0) is 22.6. The van der Waals surface area contributed by atoms with Gasteiger partial charge in [-0.1, -0.05) is 48.2 Å². The van der Waals surface area contributed by atoms with E-state index in [0.717, 1.165) is 29.0 Å². The Kier molecular flexibility index (Phi) is 6.08. The smallest absolute Gasteiger partial charge is 0.230 e. The van der Waals surface area contributed by atoms with Crippen molar-refractivity contribution in [1.82, 2.24) is 20.1 Å². The average Bonchev–Trinajstić information content (AvgIpc) is 3.28. The number of rotatable bonds is 6. The summed E-state index contributed by atoms with van der Waals surface area (Å²) < 4.78 is 21.0. The summed E-state index contributed by atoms with van der Waals surface area (Å²) in [5.41, 5.74) is 2.60. The molecule has 1 N–H and O–H groups in total. The van der Waals surface area contributed by atoms with Crippen LogP contribution in [0.1, 0.15) is 18.0 Å². The number of halogens is 1. The molecule has 8 heteroatoms. The second-order valence-corrected chi connectivity index (χ2v) is 8.51. The minimum Gasteiger partial charge on any atom is -0.493 e. The molecule has 1 aromatic heterocycles. The predicted octanol–water partition coefficient (Wildman–Crippen LogP) is 4.81. The van der Waals surface area contributed by atoms with Crippen LogP contribution in [0.4, 0.5) is 4.39 Å². The molecule has 3 aromatic carbocycles. The normalized spacial score (nSPS) is 14.9. The molecule has 166 valence electrons. The Balaban J connectivity index is 1.36. The molecule has 33 heavy (non-hydrogen) atoms. The SMILES string of the molecule is O=C(CSc1nnc(-c2ccc(F)cc2)n1-c1ccccc1)NC1CCOc2ccccc21. The van der Waals surface area contributed by atoms with E-state index in [-0.39, 0.29) is 23.5 Å². The van der Waals surface area contributed by atoms with Crippen molar-refractivity contribution >= 4 is 17.7 Å². The number of aromatic nitrogens is 3. The fraction of sp³-hybridized carbons (Fsp3) is 0.160. The molecule has 0 radical (unpaired) electrons. The third-order valence-corrected chi connectivity index (χ3v) is 6.31. The highest BCUT2D eigenvalue weighted by Gasteiger charge is 2.23. The minimum atomic E-state index is -0.314. The van der Waals surface area contributed by atoms with E-state index in [1.807, 2.05) is 59.2 Å². The van der Waals surface area contributed by atoms with Gasteiger partial charge in [0, 0.05) is 23.2 Å². The molecule has 0 saturated heterocycles. The zero-order valence-corrected chi connectivity index (χ0v) is 18.5. The molecular weight excluding hydrogens is 439 g/mol. The van der Waals surface area contributed by atoms with Gasteiger partial charge in [-0.25, -0.2) is 4.39 Å². The second kappa shape index (κ2) is 9.46. The number of amides is 1. The van der Waals surface area contributed by atoms with E-state index in [0.29, 0.717) is 17.6 Å². The molecule has 0 spiro atoms. The van der Waals surface area contributed by atoms with Gasteiger partial charge in [0.2, 0.25) is 5.91 Å². The molecule has 0 bridgehead atoms. The van der Waals surface area contributed by atoms with Gasteiger partial charge in [0.05, 0.1) is 18.4 Å². The van der Waals surface area contributed by atoms with Crippen LogP contribution in [-0.2, 0) is 4.79 Å². The molecule has 4 aromatic rings. The van der Waals surface area contributed by atoms with Crippen LogP contribution >= 0.6 is 11.8 Å². The van der Waals surface area contributed by atoms with E-state index in [9.17, 15) is 9.18 Å². The number of fused-ring (bicyclic) bond motifs is 1. The quantitative estimate of drug-likeness (QED) is 0.419. The molecule has 0 fully saturated rings. The van der Waals surface area contributed by atoms with E-state index < -0.39 is 0 Å². The van der Waals surface area contributed by atoms with Crippen LogP contribution in [0.5, 0.6) is 5.75 Å². The number of carbonyl (C=O) groups is 1. The lowest BCUT2D eigenvalue weighted by atomic mass is 10.0. The Morgan fingerprint density at radius 2 is 1.79 bits per heavy atom. The summed E-state index contributed by atoms with van der Waals surface area (Å²) in [6.45, 7) is 0.568. The van der Waals surface area contributed by atoms with Crippen LogP contribution in [-0.4, -0.2) is 33.0 Å². The highest BCUT2D eigenvalue weighted by Crippen LogP contribution is 2.32. The van der Waals surface area contributed by atoms with Crippen LogP contribution in [0.25, 0.3) is 17.1 Å². The Bertz CT molecular complexity index is 1260. The van der Waals surface area contributed by atoms with Crippen molar-refractivity contribution in [2.75, 3.05) is 12.4 Å². The summed E-state index contributed by atoms with van der Waals surface area (Å²) in [6.07, 6.45) is 0.725. The van der Waals surface area contributed by atoms with Crippen LogP contribution in [0.15, 0.2) is 84.0 Å². The first-order chi connectivity index (χ1) is 16.2. The van der Waals surface area contributed by atoms with E-state index in [1.165, 1.54) is 23.9 Å². The van der Waals surface area contributed by atoms with Gasteiger partial charge in [-0.2, -0.15) is 0 Å². The van der Waals surface area contributed by atoms with Crippen molar-refractivity contribution in [2.45, 2.75) is 17.6 Å². The lowest BCUT2D eigenvalue weighted by molar-refractivity contribution is -0.119. The van der Waals surface area contributed by atoms with Crippen molar-refractivity contribution in [2.24, 2.45) is 0 Å². The van der Waals surface area contributed by atoms with Crippen LogP contribution in [0.3, 0.4) is 0 Å². The zero-order valence-electron chi connectivity index (χ0n) is 17.6. The van der Waals surface area contributed by atoms with Crippen LogP contribution in [0.2, 0.25) is 0 Å². The number of carbonyl (C=O) groups excluding carboxylic acids is 1. The Hall–Kier alpha value is -3.65. The van der Waals surface area contributed by atoms with Gasteiger partial charge in [-0.15, -0.1) is 10.2 Å². The number of ether oxygens (including phenoxy) is 1. The highest BCUT2D eigenvalue weighted by molar-refractivity contribution is 7.99. The molecular formula is C25H21FN4O2S. The molecule has 5 rings (SSSR count). The predicted molar refractivity (Wildman–Crippen MR) is 125 cm³/mol. The first-order valence-corrected chi connectivity index (χ1v) is 11.6. The van der Waals surface area contributed by atoms with Gasteiger partial charge in [0.15, 0.2) is 11.0 Å². The standard InChI is InChI=1S/C25H21FN4O2S/c26-18-12-10-17(11-13-18)24-28-29-25(30(24)19-6-2-1-3-7-19)33-16-23(31)27-21-14-15-32-22-9-5-4-8-20(21)22/h1-13,21H,14-16H2,(H,27,31). The van der Waals surface area contributed by atoms with Crippen molar-refractivity contribution in [3.05, 3.63) is 90.2 Å². The van der Waals surface area contributed by atoms with E-state index in [1.54, 1.807) is 12.1 Å². The van der Waals surface area contributed by atoms with Crippen molar-refractivity contribution in [1.29, 1.82) is 0 Å². The molecule has 1 atom stereocenters. The summed E-state index contributed by atoms with van der Waals surface area (Å²) in [6, 6.07) is 23.5. The number of hydrogen-bond acceptors (Lipinski definition) is 5. The maximum absolute atomic E-state index is 13.4. The summed E-state index contributed by atoms with van der Waals surface area (Å²) in [7, 11) is 0. The first-order valence-electron chi connectivity index (χ1n) is 10.6. The molecule has 1 aliphatic heterocycles. The highest BCUT2D eigenvalue weighted by atomic mass is 32.2. The lowest BCUT2D eigenvalue weighted by Crippen LogP contribution is -2.33. The first kappa shape index (κ1) is 21.2. The molecule has 1 aliphatic rings. The van der Waals surface area contributed by atoms with Gasteiger partial charge < -0.3 is 10.1 Å². The number of nitrogens with zero attached hydrogens (tertiary/aromatic N) is 3. The average molecular weight is 461 g/mol. The minimum absolute atomic E-state index is 0.0789. The fourth-order valence-electron chi connectivity index (χ4n) is 3.82. The summed E-state index contributed by atoms with van der Waals surface area (Å²) >= 11 is 1.31. The molecule has 6 nitrogen and oxygen atoms in total. The molecule has 1 amide bonds. The lowest BCUT2D eigenvalue weighted by Gasteiger charge is -2.26. The number of thioether (sulfide) groups is 1. The van der Waals surface area contributed by atoms with E-state index in [2.05, 4.69) is 15.5 Å². The molecule has 1 unspecified atom stereocenters. The van der Waals surface area contributed by atoms with Gasteiger partial charge in [0.1, 0.15) is 11.6 Å². The van der Waals surface area contributed by atoms with Crippen LogP contribution < -0.4 is 10.1 Å². The van der Waals surface area contributed by atoms with Gasteiger partial charge in [0.25, 0.3) is 0 Å². The van der Waals surface area contributed by atoms with Crippen molar-refractivity contribution < 1.29 is 13.9 Å². The summed E-state index contributed by atoms with van der Waals surface area (Å²) in [5.74, 6) is 1.18. The Labute approximate surface area is 194 Å². The van der Waals surface area contributed by atoms with Crippen molar-refractivity contribution in [3.63, 3.8) is 0 Å². The number of benzene rings is 3. The Morgan fingerprint density at radius 3 is 2.61 bits per heavy atom. The van der Waals surface area contributed by atoms with E-state index >= 15 is 0 Å². The number of nitrogens with one attached hydrogen (secondary N) is 1. The largest absolute Gasteiger partial charge is 0.493 e. The molecule has 0 aliphatic carbocycles. The van der Waals surface area contributed by atoms with Gasteiger partial charge in [-0.05, 0) is 42.5 Å². The van der Waals surface area contributed by atoms with Gasteiger partial charge in [-0.3, -0.25) is 9.36 Å². The Morgan fingerprint density at radius 1 is 1.03 bits per heavy atom. The third kappa shape index (κ3) is 4.61. The van der Waals surface area contributed by atoms with Crippen molar-refractivity contribution in [3.8, 4) is 22.8 Å². The second-order valence-electron chi connectivity index (χ2n) is 7.57. The molecule has 2 heterocycles. The third-order valence-electron chi connectivity index (χ3n) is 5.38. The topological polar surface area (TPSA) is 69.0 Å². The monoisotopic (exact) mass is 460 g/mol. The van der Waals surface area contributed by atoms with Gasteiger partial charge >= 0.3 is 0 Å². The number of para-hydroxylation sites is 2. The fourth-order valence-corrected chi connectivity index (χ4v) is 4.58. The van der Waals surface area contributed by atoms with E-state index in [4.69, 9.17) is 4.74 Å².